The molecule has 2 aromatic heterocycles. The number of carbonyl (C=O) groups is 1. The van der Waals surface area contributed by atoms with Crippen molar-refractivity contribution in [2.75, 3.05) is 24.5 Å². The number of aromatic nitrogens is 3. The molecule has 4 rings (SSSR count). The van der Waals surface area contributed by atoms with Crippen LogP contribution in [0, 0.1) is 24.2 Å². The SMILES string of the molecule is Cc1cnn(-c2ccncc2N2CCC(C(=O)N3CC(F)(F)C[C@@H]3C#N)CC2)c1. The van der Waals surface area contributed by atoms with Gasteiger partial charge >= 0.3 is 0 Å². The van der Waals surface area contributed by atoms with E-state index in [0.717, 1.165) is 21.8 Å². The third-order valence-electron chi connectivity index (χ3n) is 5.62. The number of amides is 1. The molecule has 2 aliphatic rings. The molecule has 0 N–H and O–H groups in total. The fourth-order valence-corrected chi connectivity index (χ4v) is 4.13. The number of aryl methyl sites for hydroxylation is 1. The lowest BCUT2D eigenvalue weighted by Gasteiger charge is -2.35. The number of hydrogen-bond acceptors (Lipinski definition) is 5. The first kappa shape index (κ1) is 19.3. The molecule has 0 spiro atoms. The van der Waals surface area contributed by atoms with Crippen molar-refractivity contribution >= 4 is 11.6 Å². The van der Waals surface area contributed by atoms with Gasteiger partial charge in [-0.25, -0.2) is 13.5 Å². The van der Waals surface area contributed by atoms with Crippen molar-refractivity contribution in [1.29, 1.82) is 5.26 Å². The number of nitrogens with zero attached hydrogens (tertiary/aromatic N) is 6. The van der Waals surface area contributed by atoms with Gasteiger partial charge in [-0.05, 0) is 31.4 Å². The van der Waals surface area contributed by atoms with Crippen molar-refractivity contribution in [1.82, 2.24) is 19.7 Å². The van der Waals surface area contributed by atoms with Crippen LogP contribution in [0.1, 0.15) is 24.8 Å². The van der Waals surface area contributed by atoms with Crippen LogP contribution in [0.4, 0.5) is 14.5 Å². The fourth-order valence-electron chi connectivity index (χ4n) is 4.13. The van der Waals surface area contributed by atoms with E-state index in [4.69, 9.17) is 5.26 Å². The maximum Gasteiger partial charge on any atom is 0.268 e. The van der Waals surface area contributed by atoms with Crippen LogP contribution in [-0.4, -0.2) is 57.2 Å². The van der Waals surface area contributed by atoms with E-state index in [-0.39, 0.29) is 11.8 Å². The quantitative estimate of drug-likeness (QED) is 0.791. The molecule has 152 valence electrons. The van der Waals surface area contributed by atoms with Crippen LogP contribution in [-0.2, 0) is 4.79 Å². The number of rotatable bonds is 3. The molecule has 0 unspecified atom stereocenters. The maximum absolute atomic E-state index is 13.7. The summed E-state index contributed by atoms with van der Waals surface area (Å²) < 4.78 is 29.2. The fraction of sp³-hybridized carbons (Fsp3) is 0.500. The van der Waals surface area contributed by atoms with Gasteiger partial charge in [-0.1, -0.05) is 0 Å². The van der Waals surface area contributed by atoms with E-state index >= 15 is 0 Å². The number of likely N-dealkylation sites (tertiary alicyclic amines) is 1. The van der Waals surface area contributed by atoms with Gasteiger partial charge in [0.2, 0.25) is 5.91 Å². The monoisotopic (exact) mass is 400 g/mol. The smallest absolute Gasteiger partial charge is 0.268 e. The first-order chi connectivity index (χ1) is 13.9. The average Bonchev–Trinajstić information content (AvgIpc) is 3.29. The number of alkyl halides is 2. The summed E-state index contributed by atoms with van der Waals surface area (Å²) in [7, 11) is 0. The number of carbonyl (C=O) groups excluding carboxylic acids is 1. The van der Waals surface area contributed by atoms with Gasteiger partial charge in [0.05, 0.1) is 36.4 Å². The Morgan fingerprint density at radius 3 is 2.69 bits per heavy atom. The van der Waals surface area contributed by atoms with E-state index in [1.165, 1.54) is 0 Å². The van der Waals surface area contributed by atoms with Gasteiger partial charge in [0.1, 0.15) is 6.04 Å². The number of halogens is 2. The Labute approximate surface area is 167 Å². The van der Waals surface area contributed by atoms with Crippen molar-refractivity contribution in [2.45, 2.75) is 38.2 Å². The molecular weight excluding hydrogens is 378 g/mol. The van der Waals surface area contributed by atoms with Gasteiger partial charge in [0.15, 0.2) is 0 Å². The third-order valence-corrected chi connectivity index (χ3v) is 5.62. The summed E-state index contributed by atoms with van der Waals surface area (Å²) >= 11 is 0. The largest absolute Gasteiger partial charge is 0.368 e. The molecule has 0 aromatic carbocycles. The molecule has 2 aromatic rings. The maximum atomic E-state index is 13.7. The molecule has 2 saturated heterocycles. The molecule has 29 heavy (non-hydrogen) atoms. The van der Waals surface area contributed by atoms with Crippen molar-refractivity contribution in [3.05, 3.63) is 36.4 Å². The van der Waals surface area contributed by atoms with Gasteiger partial charge in [-0.2, -0.15) is 10.4 Å². The van der Waals surface area contributed by atoms with Gasteiger partial charge in [-0.3, -0.25) is 9.78 Å². The van der Waals surface area contributed by atoms with Crippen LogP contribution < -0.4 is 4.90 Å². The van der Waals surface area contributed by atoms with Crippen LogP contribution in [0.3, 0.4) is 0 Å². The molecule has 2 aliphatic heterocycles. The summed E-state index contributed by atoms with van der Waals surface area (Å²) in [4.78, 5) is 20.2. The standard InChI is InChI=1S/C20H22F2N6O/c1-14-10-25-28(12-14)17-2-5-24-11-18(17)26-6-3-15(4-7-26)19(29)27-13-20(21,22)8-16(27)9-23/h2,5,10-12,15-16H,3-4,6-8,13H2,1H3/t16-/m1/s1. The van der Waals surface area contributed by atoms with Crippen molar-refractivity contribution in [3.63, 3.8) is 0 Å². The third kappa shape index (κ3) is 3.79. The summed E-state index contributed by atoms with van der Waals surface area (Å²) in [5.41, 5.74) is 2.87. The number of pyridine rings is 1. The van der Waals surface area contributed by atoms with Crippen molar-refractivity contribution in [2.24, 2.45) is 5.92 Å². The average molecular weight is 400 g/mol. The lowest BCUT2D eigenvalue weighted by molar-refractivity contribution is -0.137. The number of anilines is 1. The Hall–Kier alpha value is -3.02. The predicted octanol–water partition coefficient (Wildman–Crippen LogP) is 2.55. The summed E-state index contributed by atoms with van der Waals surface area (Å²) in [6, 6.07) is 2.70. The van der Waals surface area contributed by atoms with E-state index in [0.29, 0.717) is 25.9 Å². The molecule has 1 amide bonds. The van der Waals surface area contributed by atoms with Crippen LogP contribution >= 0.6 is 0 Å². The minimum atomic E-state index is -2.98. The highest BCUT2D eigenvalue weighted by Gasteiger charge is 2.48. The van der Waals surface area contributed by atoms with Crippen molar-refractivity contribution in [3.8, 4) is 11.8 Å². The van der Waals surface area contributed by atoms with Crippen LogP contribution in [0.5, 0.6) is 0 Å². The first-order valence-electron chi connectivity index (χ1n) is 9.66. The second kappa shape index (κ2) is 7.43. The van der Waals surface area contributed by atoms with E-state index in [9.17, 15) is 13.6 Å². The Morgan fingerprint density at radius 2 is 2.03 bits per heavy atom. The molecule has 9 heteroatoms. The molecule has 7 nitrogen and oxygen atoms in total. The molecule has 0 saturated carbocycles. The predicted molar refractivity (Wildman–Crippen MR) is 102 cm³/mol. The van der Waals surface area contributed by atoms with Gasteiger partial charge in [0, 0.05) is 37.8 Å². The van der Waals surface area contributed by atoms with E-state index in [1.807, 2.05) is 25.3 Å². The highest BCUT2D eigenvalue weighted by Crippen LogP contribution is 2.35. The Bertz CT molecular complexity index is 944. The normalized spacial score (nSPS) is 21.9. The number of hydrogen-bond donors (Lipinski definition) is 0. The van der Waals surface area contributed by atoms with Gasteiger partial charge in [0.25, 0.3) is 5.92 Å². The molecule has 0 radical (unpaired) electrons. The minimum absolute atomic E-state index is 0.331. The van der Waals surface area contributed by atoms with E-state index in [2.05, 4.69) is 15.0 Å². The zero-order valence-corrected chi connectivity index (χ0v) is 16.1. The molecule has 2 fully saturated rings. The summed E-state index contributed by atoms with van der Waals surface area (Å²) in [6.07, 6.45) is 7.73. The van der Waals surface area contributed by atoms with Crippen LogP contribution in [0.15, 0.2) is 30.9 Å². The zero-order valence-electron chi connectivity index (χ0n) is 16.1. The number of nitriles is 1. The zero-order chi connectivity index (χ0) is 20.6. The van der Waals surface area contributed by atoms with E-state index < -0.39 is 24.9 Å². The second-order valence-corrected chi connectivity index (χ2v) is 7.76. The van der Waals surface area contributed by atoms with Gasteiger partial charge < -0.3 is 9.80 Å². The molecule has 4 heterocycles. The molecule has 0 bridgehead atoms. The summed E-state index contributed by atoms with van der Waals surface area (Å²) in [5.74, 6) is -3.66. The number of piperidine rings is 1. The van der Waals surface area contributed by atoms with Gasteiger partial charge in [-0.15, -0.1) is 0 Å². The Morgan fingerprint density at radius 1 is 1.28 bits per heavy atom. The van der Waals surface area contributed by atoms with Crippen LogP contribution in [0.2, 0.25) is 0 Å². The Balaban J connectivity index is 1.46. The lowest BCUT2D eigenvalue weighted by atomic mass is 9.94. The molecule has 1 atom stereocenters. The highest BCUT2D eigenvalue weighted by molar-refractivity contribution is 5.80. The minimum Gasteiger partial charge on any atom is -0.368 e. The molecule has 0 aliphatic carbocycles. The summed E-state index contributed by atoms with van der Waals surface area (Å²) in [5, 5.41) is 13.5. The molecular formula is C20H22F2N6O. The second-order valence-electron chi connectivity index (χ2n) is 7.76. The Kier molecular flexibility index (Phi) is 4.94. The topological polar surface area (TPSA) is 78.1 Å². The van der Waals surface area contributed by atoms with Crippen molar-refractivity contribution < 1.29 is 13.6 Å². The lowest BCUT2D eigenvalue weighted by Crippen LogP contribution is -2.44. The first-order valence-corrected chi connectivity index (χ1v) is 9.66. The van der Waals surface area contributed by atoms with E-state index in [1.54, 1.807) is 23.3 Å². The van der Waals surface area contributed by atoms with Crippen LogP contribution in [0.25, 0.3) is 5.69 Å². The highest BCUT2D eigenvalue weighted by atomic mass is 19.3. The summed E-state index contributed by atoms with van der Waals surface area (Å²) in [6.45, 7) is 2.53.